The summed E-state index contributed by atoms with van der Waals surface area (Å²) in [5, 5.41) is 10.1. The van der Waals surface area contributed by atoms with Gasteiger partial charge < -0.3 is 5.11 Å². The lowest BCUT2D eigenvalue weighted by Gasteiger charge is -2.43. The minimum atomic E-state index is -0.0431. The largest absolute Gasteiger partial charge is 0.393 e. The third-order valence-corrected chi connectivity index (χ3v) is 5.04. The number of rotatable bonds is 2. The van der Waals surface area contributed by atoms with Gasteiger partial charge >= 0.3 is 0 Å². The highest BCUT2D eigenvalue weighted by Gasteiger charge is 2.51. The van der Waals surface area contributed by atoms with Crippen molar-refractivity contribution in [1.29, 1.82) is 0 Å². The van der Waals surface area contributed by atoms with E-state index in [0.29, 0.717) is 17.3 Å². The quantitative estimate of drug-likeness (QED) is 0.688. The maximum atomic E-state index is 10.1. The molecular weight excluding hydrogens is 184 g/mol. The van der Waals surface area contributed by atoms with Crippen molar-refractivity contribution in [2.75, 3.05) is 0 Å². The lowest BCUT2D eigenvalue weighted by Crippen LogP contribution is -2.40. The van der Waals surface area contributed by atoms with Crippen LogP contribution in [0.25, 0.3) is 0 Å². The highest BCUT2D eigenvalue weighted by Crippen LogP contribution is 2.57. The summed E-state index contributed by atoms with van der Waals surface area (Å²) in [6.07, 6.45) is 7.03. The monoisotopic (exact) mass is 208 g/mol. The van der Waals surface area contributed by atoms with Crippen LogP contribution < -0.4 is 0 Å². The van der Waals surface area contributed by atoms with Gasteiger partial charge in [0.2, 0.25) is 0 Å². The van der Waals surface area contributed by atoms with E-state index in [1.165, 1.54) is 31.3 Å². The van der Waals surface area contributed by atoms with Crippen molar-refractivity contribution in [2.24, 2.45) is 17.3 Å². The molecule has 3 unspecified atom stereocenters. The standard InChI is InChI=1S/C14H24O/c1-4-10(2)11-7-8-12-13(15)6-5-9-14(11,12)3/h11-13,15H,2,4-9H2,1,3H3/t11?,12?,13-,14?/m0/s1. The SMILES string of the molecule is C=C(CC)C1CCC2[C@@H](O)CCCC12C. The Morgan fingerprint density at radius 1 is 1.40 bits per heavy atom. The zero-order valence-corrected chi connectivity index (χ0v) is 10.1. The Morgan fingerprint density at radius 3 is 2.80 bits per heavy atom. The second kappa shape index (κ2) is 3.93. The van der Waals surface area contributed by atoms with Gasteiger partial charge in [-0.05, 0) is 49.4 Å². The Balaban J connectivity index is 2.21. The average molecular weight is 208 g/mol. The summed E-state index contributed by atoms with van der Waals surface area (Å²) < 4.78 is 0. The first-order valence-corrected chi connectivity index (χ1v) is 6.45. The van der Waals surface area contributed by atoms with Crippen LogP contribution in [0.4, 0.5) is 0 Å². The molecule has 2 aliphatic carbocycles. The molecule has 4 atom stereocenters. The third kappa shape index (κ3) is 1.65. The smallest absolute Gasteiger partial charge is 0.0573 e. The van der Waals surface area contributed by atoms with Crippen LogP contribution in [0.5, 0.6) is 0 Å². The molecule has 0 amide bonds. The predicted molar refractivity (Wildman–Crippen MR) is 63.6 cm³/mol. The molecule has 0 aliphatic heterocycles. The zero-order valence-electron chi connectivity index (χ0n) is 10.1. The summed E-state index contributed by atoms with van der Waals surface area (Å²) in [4.78, 5) is 0. The van der Waals surface area contributed by atoms with Gasteiger partial charge in [-0.3, -0.25) is 0 Å². The fraction of sp³-hybridized carbons (Fsp3) is 0.857. The second-order valence-electron chi connectivity index (χ2n) is 5.71. The molecule has 0 aromatic rings. The van der Waals surface area contributed by atoms with Crippen LogP contribution >= 0.6 is 0 Å². The van der Waals surface area contributed by atoms with Crippen LogP contribution in [-0.4, -0.2) is 11.2 Å². The van der Waals surface area contributed by atoms with E-state index in [9.17, 15) is 5.11 Å². The first-order valence-electron chi connectivity index (χ1n) is 6.45. The van der Waals surface area contributed by atoms with Gasteiger partial charge in [0, 0.05) is 0 Å². The fourth-order valence-electron chi connectivity index (χ4n) is 4.07. The van der Waals surface area contributed by atoms with Gasteiger partial charge in [0.25, 0.3) is 0 Å². The van der Waals surface area contributed by atoms with Gasteiger partial charge in [0.1, 0.15) is 0 Å². The number of aliphatic hydroxyl groups excluding tert-OH is 1. The summed E-state index contributed by atoms with van der Waals surface area (Å²) in [7, 11) is 0. The van der Waals surface area contributed by atoms with Crippen molar-refractivity contribution in [3.63, 3.8) is 0 Å². The van der Waals surface area contributed by atoms with E-state index in [1.54, 1.807) is 0 Å². The maximum Gasteiger partial charge on any atom is 0.0573 e. The van der Waals surface area contributed by atoms with Gasteiger partial charge in [0.15, 0.2) is 0 Å². The first-order chi connectivity index (χ1) is 7.09. The van der Waals surface area contributed by atoms with Gasteiger partial charge in [-0.2, -0.15) is 0 Å². The van der Waals surface area contributed by atoms with Crippen LogP contribution in [-0.2, 0) is 0 Å². The van der Waals surface area contributed by atoms with E-state index in [1.807, 2.05) is 0 Å². The van der Waals surface area contributed by atoms with Crippen molar-refractivity contribution in [3.8, 4) is 0 Å². The Morgan fingerprint density at radius 2 is 2.13 bits per heavy atom. The third-order valence-electron chi connectivity index (χ3n) is 5.04. The molecule has 0 heterocycles. The molecule has 1 nitrogen and oxygen atoms in total. The molecule has 1 N–H and O–H groups in total. The van der Waals surface area contributed by atoms with E-state index in [-0.39, 0.29) is 6.10 Å². The van der Waals surface area contributed by atoms with E-state index in [0.717, 1.165) is 12.8 Å². The molecule has 15 heavy (non-hydrogen) atoms. The van der Waals surface area contributed by atoms with Crippen molar-refractivity contribution in [3.05, 3.63) is 12.2 Å². The highest BCUT2D eigenvalue weighted by molar-refractivity contribution is 5.13. The Hall–Kier alpha value is -0.300. The molecule has 2 fully saturated rings. The van der Waals surface area contributed by atoms with Gasteiger partial charge in [0.05, 0.1) is 6.10 Å². The summed E-state index contributed by atoms with van der Waals surface area (Å²) in [5.41, 5.74) is 1.76. The lowest BCUT2D eigenvalue weighted by molar-refractivity contribution is -0.0112. The Bertz CT molecular complexity index is 258. The van der Waals surface area contributed by atoms with Crippen molar-refractivity contribution >= 4 is 0 Å². The van der Waals surface area contributed by atoms with Crippen LogP contribution in [0.2, 0.25) is 0 Å². The van der Waals surface area contributed by atoms with Gasteiger partial charge in [-0.1, -0.05) is 32.4 Å². The topological polar surface area (TPSA) is 20.2 Å². The van der Waals surface area contributed by atoms with Gasteiger partial charge in [-0.25, -0.2) is 0 Å². The molecule has 0 spiro atoms. The molecule has 2 rings (SSSR count). The maximum absolute atomic E-state index is 10.1. The number of hydrogen-bond donors (Lipinski definition) is 1. The lowest BCUT2D eigenvalue weighted by atomic mass is 9.63. The fourth-order valence-corrected chi connectivity index (χ4v) is 4.07. The molecular formula is C14H24O. The molecule has 2 aliphatic rings. The Labute approximate surface area is 93.6 Å². The number of aliphatic hydroxyl groups is 1. The van der Waals surface area contributed by atoms with Crippen molar-refractivity contribution in [2.45, 2.75) is 58.5 Å². The number of allylic oxidation sites excluding steroid dienone is 1. The number of fused-ring (bicyclic) bond motifs is 1. The summed E-state index contributed by atoms with van der Waals surface area (Å²) >= 11 is 0. The zero-order chi connectivity index (χ0) is 11.1. The summed E-state index contributed by atoms with van der Waals surface area (Å²) in [6, 6.07) is 0. The van der Waals surface area contributed by atoms with Gasteiger partial charge in [-0.15, -0.1) is 0 Å². The van der Waals surface area contributed by atoms with Crippen LogP contribution in [0.3, 0.4) is 0 Å². The van der Waals surface area contributed by atoms with E-state index in [4.69, 9.17) is 0 Å². The molecule has 0 bridgehead atoms. The minimum absolute atomic E-state index is 0.0431. The molecule has 86 valence electrons. The highest BCUT2D eigenvalue weighted by atomic mass is 16.3. The molecule has 0 radical (unpaired) electrons. The number of hydrogen-bond acceptors (Lipinski definition) is 1. The minimum Gasteiger partial charge on any atom is -0.393 e. The summed E-state index contributed by atoms with van der Waals surface area (Å²) in [6.45, 7) is 8.83. The molecule has 0 aromatic carbocycles. The molecule has 2 saturated carbocycles. The average Bonchev–Trinajstić information content (AvgIpc) is 2.56. The Kier molecular flexibility index (Phi) is 2.94. The van der Waals surface area contributed by atoms with Crippen LogP contribution in [0, 0.1) is 17.3 Å². The van der Waals surface area contributed by atoms with E-state index >= 15 is 0 Å². The second-order valence-corrected chi connectivity index (χ2v) is 5.71. The van der Waals surface area contributed by atoms with E-state index < -0.39 is 0 Å². The van der Waals surface area contributed by atoms with Crippen LogP contribution in [0.1, 0.15) is 52.4 Å². The molecule has 1 heteroatoms. The van der Waals surface area contributed by atoms with E-state index in [2.05, 4.69) is 20.4 Å². The van der Waals surface area contributed by atoms with Crippen molar-refractivity contribution < 1.29 is 5.11 Å². The predicted octanol–water partition coefficient (Wildman–Crippen LogP) is 3.53. The molecule has 0 aromatic heterocycles. The van der Waals surface area contributed by atoms with Crippen molar-refractivity contribution in [1.82, 2.24) is 0 Å². The first kappa shape index (κ1) is 11.2. The van der Waals surface area contributed by atoms with Crippen LogP contribution in [0.15, 0.2) is 12.2 Å². The normalized spacial score (nSPS) is 45.1. The summed E-state index contributed by atoms with van der Waals surface area (Å²) in [5.74, 6) is 1.21. The molecule has 0 saturated heterocycles.